The summed E-state index contributed by atoms with van der Waals surface area (Å²) in [5.41, 5.74) is 10.1. The van der Waals surface area contributed by atoms with Gasteiger partial charge in [-0.3, -0.25) is 4.90 Å². The van der Waals surface area contributed by atoms with Crippen LogP contribution in [0.25, 0.3) is 0 Å². The van der Waals surface area contributed by atoms with Gasteiger partial charge in [0.05, 0.1) is 6.10 Å². The van der Waals surface area contributed by atoms with Crippen LogP contribution in [-0.2, 0) is 4.74 Å². The van der Waals surface area contributed by atoms with Gasteiger partial charge in [-0.2, -0.15) is 0 Å². The smallest absolute Gasteiger partial charge is 0.0702 e. The number of likely N-dealkylation sites (N-methyl/N-ethyl adjacent to an activating group) is 1. The van der Waals surface area contributed by atoms with Gasteiger partial charge in [-0.15, -0.1) is 0 Å². The van der Waals surface area contributed by atoms with Crippen molar-refractivity contribution in [1.29, 1.82) is 0 Å². The van der Waals surface area contributed by atoms with E-state index in [1.807, 2.05) is 0 Å². The molecule has 1 aliphatic heterocycles. The first kappa shape index (κ1) is 15.5. The molecule has 1 saturated heterocycles. The van der Waals surface area contributed by atoms with Crippen LogP contribution in [0.2, 0.25) is 0 Å². The fourth-order valence-electron chi connectivity index (χ4n) is 3.08. The van der Waals surface area contributed by atoms with Gasteiger partial charge >= 0.3 is 0 Å². The summed E-state index contributed by atoms with van der Waals surface area (Å²) in [7, 11) is 2.16. The molecule has 1 fully saturated rings. The highest BCUT2D eigenvalue weighted by molar-refractivity contribution is 5.35. The Morgan fingerprint density at radius 2 is 2.15 bits per heavy atom. The summed E-state index contributed by atoms with van der Waals surface area (Å²) >= 11 is 0. The topological polar surface area (TPSA) is 38.5 Å². The monoisotopic (exact) mass is 276 g/mol. The Labute approximate surface area is 123 Å². The van der Waals surface area contributed by atoms with Gasteiger partial charge in [-0.1, -0.05) is 18.2 Å². The van der Waals surface area contributed by atoms with Crippen molar-refractivity contribution in [2.75, 3.05) is 26.7 Å². The van der Waals surface area contributed by atoms with Gasteiger partial charge < -0.3 is 10.5 Å². The summed E-state index contributed by atoms with van der Waals surface area (Å²) in [6, 6.07) is 6.78. The van der Waals surface area contributed by atoms with Crippen molar-refractivity contribution in [3.05, 3.63) is 34.9 Å². The summed E-state index contributed by atoms with van der Waals surface area (Å²) < 4.78 is 5.85. The van der Waals surface area contributed by atoms with E-state index in [4.69, 9.17) is 10.5 Å². The molecule has 0 aromatic heterocycles. The summed E-state index contributed by atoms with van der Waals surface area (Å²) in [4.78, 5) is 2.36. The minimum atomic E-state index is 0.278. The Morgan fingerprint density at radius 3 is 2.80 bits per heavy atom. The largest absolute Gasteiger partial charge is 0.377 e. The molecule has 1 heterocycles. The second-order valence-corrected chi connectivity index (χ2v) is 5.97. The van der Waals surface area contributed by atoms with Crippen LogP contribution >= 0.6 is 0 Å². The standard InChI is InChI=1S/C17H28N2O/c1-13-7-6-9-16(14(13)2)17(11-18)19(3)12-15-8-4-5-10-20-15/h6-7,9,15,17H,4-5,8,10-12,18H2,1-3H3. The summed E-state index contributed by atoms with van der Waals surface area (Å²) in [5.74, 6) is 0. The van der Waals surface area contributed by atoms with Gasteiger partial charge in [-0.05, 0) is 56.8 Å². The normalized spacial score (nSPS) is 21.1. The van der Waals surface area contributed by atoms with Crippen LogP contribution in [0.4, 0.5) is 0 Å². The number of benzene rings is 1. The molecular weight excluding hydrogens is 248 g/mol. The maximum absolute atomic E-state index is 6.05. The zero-order chi connectivity index (χ0) is 14.5. The Hall–Kier alpha value is -0.900. The first-order valence-corrected chi connectivity index (χ1v) is 7.71. The fourth-order valence-corrected chi connectivity index (χ4v) is 3.08. The minimum absolute atomic E-state index is 0.278. The summed E-state index contributed by atoms with van der Waals surface area (Å²) in [6.07, 6.45) is 4.04. The van der Waals surface area contributed by atoms with E-state index in [0.29, 0.717) is 12.6 Å². The average molecular weight is 276 g/mol. The molecule has 0 spiro atoms. The lowest BCUT2D eigenvalue weighted by molar-refractivity contribution is -0.00782. The third-order valence-electron chi connectivity index (χ3n) is 4.53. The highest BCUT2D eigenvalue weighted by Gasteiger charge is 2.22. The highest BCUT2D eigenvalue weighted by Crippen LogP contribution is 2.25. The maximum Gasteiger partial charge on any atom is 0.0702 e. The molecule has 2 N–H and O–H groups in total. The zero-order valence-electron chi connectivity index (χ0n) is 13.1. The molecule has 1 aliphatic rings. The average Bonchev–Trinajstić information content (AvgIpc) is 2.45. The maximum atomic E-state index is 6.05. The Balaban J connectivity index is 2.08. The first-order chi connectivity index (χ1) is 9.63. The second kappa shape index (κ2) is 7.21. The van der Waals surface area contributed by atoms with Gasteiger partial charge in [0.1, 0.15) is 0 Å². The predicted octanol–water partition coefficient (Wildman–Crippen LogP) is 2.80. The number of nitrogens with zero attached hydrogens (tertiary/aromatic N) is 1. The molecule has 112 valence electrons. The zero-order valence-corrected chi connectivity index (χ0v) is 13.1. The van der Waals surface area contributed by atoms with Crippen molar-refractivity contribution in [2.24, 2.45) is 5.73 Å². The van der Waals surface area contributed by atoms with Gasteiger partial charge in [-0.25, -0.2) is 0 Å². The van der Waals surface area contributed by atoms with Crippen molar-refractivity contribution in [2.45, 2.75) is 45.3 Å². The lowest BCUT2D eigenvalue weighted by Crippen LogP contribution is -2.38. The van der Waals surface area contributed by atoms with E-state index < -0.39 is 0 Å². The van der Waals surface area contributed by atoms with Crippen LogP contribution in [0.5, 0.6) is 0 Å². The molecule has 0 amide bonds. The van der Waals surface area contributed by atoms with Crippen molar-refractivity contribution in [1.82, 2.24) is 4.90 Å². The van der Waals surface area contributed by atoms with Crippen LogP contribution in [0.15, 0.2) is 18.2 Å². The van der Waals surface area contributed by atoms with Gasteiger partial charge in [0.15, 0.2) is 0 Å². The number of hydrogen-bond acceptors (Lipinski definition) is 3. The highest BCUT2D eigenvalue weighted by atomic mass is 16.5. The van der Waals surface area contributed by atoms with Crippen molar-refractivity contribution >= 4 is 0 Å². The van der Waals surface area contributed by atoms with E-state index in [0.717, 1.165) is 13.2 Å². The molecule has 0 radical (unpaired) electrons. The minimum Gasteiger partial charge on any atom is -0.377 e. The van der Waals surface area contributed by atoms with E-state index in [-0.39, 0.29) is 6.04 Å². The van der Waals surface area contributed by atoms with Gasteiger partial charge in [0, 0.05) is 25.7 Å². The Morgan fingerprint density at radius 1 is 1.35 bits per heavy atom. The lowest BCUT2D eigenvalue weighted by Gasteiger charge is -2.33. The molecule has 2 rings (SSSR count). The van der Waals surface area contributed by atoms with Crippen molar-refractivity contribution < 1.29 is 4.74 Å². The van der Waals surface area contributed by atoms with Crippen LogP contribution in [0, 0.1) is 13.8 Å². The van der Waals surface area contributed by atoms with E-state index in [1.54, 1.807) is 0 Å². The summed E-state index contributed by atoms with van der Waals surface area (Å²) in [6.45, 7) is 6.88. The number of rotatable bonds is 5. The van der Waals surface area contributed by atoms with E-state index >= 15 is 0 Å². The number of nitrogens with two attached hydrogens (primary N) is 1. The SMILES string of the molecule is Cc1cccc(C(CN)N(C)CC2CCCCO2)c1C. The van der Waals surface area contributed by atoms with Gasteiger partial charge in [0.2, 0.25) is 0 Å². The lowest BCUT2D eigenvalue weighted by atomic mass is 9.96. The molecule has 1 aromatic carbocycles. The van der Waals surface area contributed by atoms with Crippen molar-refractivity contribution in [3.8, 4) is 0 Å². The molecule has 2 atom stereocenters. The molecule has 2 unspecified atom stereocenters. The Kier molecular flexibility index (Phi) is 5.58. The second-order valence-electron chi connectivity index (χ2n) is 5.97. The predicted molar refractivity (Wildman–Crippen MR) is 83.9 cm³/mol. The van der Waals surface area contributed by atoms with E-state index in [2.05, 4.69) is 44.0 Å². The molecule has 0 aliphatic carbocycles. The third-order valence-corrected chi connectivity index (χ3v) is 4.53. The quantitative estimate of drug-likeness (QED) is 0.898. The number of ether oxygens (including phenoxy) is 1. The van der Waals surface area contributed by atoms with Crippen LogP contribution in [-0.4, -0.2) is 37.7 Å². The van der Waals surface area contributed by atoms with Crippen LogP contribution in [0.1, 0.15) is 42.0 Å². The molecule has 1 aromatic rings. The molecule has 0 saturated carbocycles. The van der Waals surface area contributed by atoms with Crippen molar-refractivity contribution in [3.63, 3.8) is 0 Å². The van der Waals surface area contributed by atoms with Gasteiger partial charge in [0.25, 0.3) is 0 Å². The first-order valence-electron chi connectivity index (χ1n) is 7.71. The van der Waals surface area contributed by atoms with E-state index in [1.165, 1.54) is 36.0 Å². The van der Waals surface area contributed by atoms with Crippen LogP contribution in [0.3, 0.4) is 0 Å². The molecule has 3 nitrogen and oxygen atoms in total. The number of hydrogen-bond donors (Lipinski definition) is 1. The molecular formula is C17H28N2O. The molecule has 3 heteroatoms. The molecule has 20 heavy (non-hydrogen) atoms. The molecule has 0 bridgehead atoms. The fraction of sp³-hybridized carbons (Fsp3) is 0.647. The number of aryl methyl sites for hydroxylation is 1. The third kappa shape index (κ3) is 3.60. The van der Waals surface area contributed by atoms with Crippen LogP contribution < -0.4 is 5.73 Å². The van der Waals surface area contributed by atoms with E-state index in [9.17, 15) is 0 Å². The summed E-state index contributed by atoms with van der Waals surface area (Å²) in [5, 5.41) is 0. The Bertz CT molecular complexity index is 427.